The molecule has 1 aromatic carbocycles. The van der Waals surface area contributed by atoms with Crippen molar-refractivity contribution in [3.05, 3.63) is 35.9 Å². The van der Waals surface area contributed by atoms with Gasteiger partial charge in [-0.25, -0.2) is 0 Å². The van der Waals surface area contributed by atoms with Gasteiger partial charge in [-0.05, 0) is 39.5 Å². The molecule has 1 unspecified atom stereocenters. The van der Waals surface area contributed by atoms with Crippen LogP contribution in [-0.2, 0) is 6.54 Å². The van der Waals surface area contributed by atoms with Gasteiger partial charge in [0.2, 0.25) is 0 Å². The van der Waals surface area contributed by atoms with E-state index in [2.05, 4.69) is 61.6 Å². The first-order chi connectivity index (χ1) is 7.18. The Morgan fingerprint density at radius 2 is 1.87 bits per heavy atom. The van der Waals surface area contributed by atoms with Crippen LogP contribution in [-0.4, -0.2) is 31.6 Å². The lowest BCUT2D eigenvalue weighted by molar-refractivity contribution is 0.365. The highest BCUT2D eigenvalue weighted by Gasteiger charge is 2.01. The summed E-state index contributed by atoms with van der Waals surface area (Å²) in [7, 11) is 4.23. The molecule has 0 saturated carbocycles. The van der Waals surface area contributed by atoms with Gasteiger partial charge in [-0.3, -0.25) is 0 Å². The van der Waals surface area contributed by atoms with E-state index >= 15 is 0 Å². The molecule has 0 fully saturated rings. The molecular weight excluding hydrogens is 184 g/mol. The minimum absolute atomic E-state index is 0.576. The average Bonchev–Trinajstić information content (AvgIpc) is 2.25. The third-order valence-corrected chi connectivity index (χ3v) is 2.51. The fourth-order valence-corrected chi connectivity index (χ4v) is 1.44. The van der Waals surface area contributed by atoms with E-state index in [0.717, 1.165) is 13.1 Å². The van der Waals surface area contributed by atoms with E-state index in [4.69, 9.17) is 0 Å². The van der Waals surface area contributed by atoms with E-state index in [0.29, 0.717) is 6.04 Å². The van der Waals surface area contributed by atoms with Crippen molar-refractivity contribution in [2.45, 2.75) is 25.9 Å². The SMILES string of the molecule is CC(CCN(C)C)NCc1ccccc1. The van der Waals surface area contributed by atoms with E-state index < -0.39 is 0 Å². The van der Waals surface area contributed by atoms with Gasteiger partial charge in [0.25, 0.3) is 0 Å². The molecule has 1 rings (SSSR count). The van der Waals surface area contributed by atoms with Gasteiger partial charge in [0.1, 0.15) is 0 Å². The van der Waals surface area contributed by atoms with E-state index in [1.165, 1.54) is 12.0 Å². The van der Waals surface area contributed by atoms with Crippen molar-refractivity contribution in [3.8, 4) is 0 Å². The zero-order chi connectivity index (χ0) is 11.1. The summed E-state index contributed by atoms with van der Waals surface area (Å²) in [6.07, 6.45) is 1.19. The maximum atomic E-state index is 3.53. The van der Waals surface area contributed by atoms with Crippen molar-refractivity contribution in [1.29, 1.82) is 0 Å². The summed E-state index contributed by atoms with van der Waals surface area (Å²) >= 11 is 0. The second-order valence-corrected chi connectivity index (χ2v) is 4.36. The molecule has 0 bridgehead atoms. The van der Waals surface area contributed by atoms with Gasteiger partial charge in [-0.1, -0.05) is 30.3 Å². The number of rotatable bonds is 6. The van der Waals surface area contributed by atoms with Crippen LogP contribution in [0, 0.1) is 0 Å². The van der Waals surface area contributed by atoms with Gasteiger partial charge in [-0.2, -0.15) is 0 Å². The van der Waals surface area contributed by atoms with Crippen molar-refractivity contribution < 1.29 is 0 Å². The predicted octanol–water partition coefficient (Wildman–Crippen LogP) is 2.12. The minimum Gasteiger partial charge on any atom is -0.310 e. The summed E-state index contributed by atoms with van der Waals surface area (Å²) in [5.41, 5.74) is 1.36. The van der Waals surface area contributed by atoms with Gasteiger partial charge in [-0.15, -0.1) is 0 Å². The summed E-state index contributed by atoms with van der Waals surface area (Å²) < 4.78 is 0. The van der Waals surface area contributed by atoms with Crippen LogP contribution in [0.3, 0.4) is 0 Å². The number of hydrogen-bond donors (Lipinski definition) is 1. The maximum absolute atomic E-state index is 3.53. The molecule has 0 aliphatic carbocycles. The maximum Gasteiger partial charge on any atom is 0.0207 e. The molecule has 2 nitrogen and oxygen atoms in total. The molecule has 2 heteroatoms. The first-order valence-corrected chi connectivity index (χ1v) is 5.60. The number of nitrogens with one attached hydrogen (secondary N) is 1. The molecule has 1 aromatic rings. The molecule has 1 N–H and O–H groups in total. The van der Waals surface area contributed by atoms with Crippen LogP contribution >= 0.6 is 0 Å². The number of benzene rings is 1. The highest BCUT2D eigenvalue weighted by atomic mass is 15.1. The van der Waals surface area contributed by atoms with Crippen molar-refractivity contribution in [1.82, 2.24) is 10.2 Å². The van der Waals surface area contributed by atoms with Crippen LogP contribution in [0.5, 0.6) is 0 Å². The number of hydrogen-bond acceptors (Lipinski definition) is 2. The third kappa shape index (κ3) is 5.55. The fourth-order valence-electron chi connectivity index (χ4n) is 1.44. The Balaban J connectivity index is 2.19. The Morgan fingerprint density at radius 1 is 1.20 bits per heavy atom. The highest BCUT2D eigenvalue weighted by molar-refractivity contribution is 5.14. The molecule has 0 saturated heterocycles. The Kier molecular flexibility index (Phi) is 5.37. The largest absolute Gasteiger partial charge is 0.310 e. The standard InChI is InChI=1S/C13H22N2/c1-12(9-10-15(2)3)14-11-13-7-5-4-6-8-13/h4-8,12,14H,9-11H2,1-3H3. The molecule has 0 aliphatic heterocycles. The lowest BCUT2D eigenvalue weighted by Crippen LogP contribution is -2.29. The molecule has 84 valence electrons. The molecule has 0 radical (unpaired) electrons. The molecule has 0 spiro atoms. The smallest absolute Gasteiger partial charge is 0.0207 e. The normalized spacial score (nSPS) is 13.1. The molecule has 0 heterocycles. The summed E-state index contributed by atoms with van der Waals surface area (Å²) in [4.78, 5) is 2.22. The monoisotopic (exact) mass is 206 g/mol. The Labute approximate surface area is 93.3 Å². The summed E-state index contributed by atoms with van der Waals surface area (Å²) in [6, 6.07) is 11.1. The summed E-state index contributed by atoms with van der Waals surface area (Å²) in [5.74, 6) is 0. The lowest BCUT2D eigenvalue weighted by atomic mass is 10.2. The Bertz CT molecular complexity index is 256. The minimum atomic E-state index is 0.576. The lowest BCUT2D eigenvalue weighted by Gasteiger charge is -2.16. The average molecular weight is 206 g/mol. The van der Waals surface area contributed by atoms with Gasteiger partial charge in [0, 0.05) is 12.6 Å². The van der Waals surface area contributed by atoms with Crippen molar-refractivity contribution in [3.63, 3.8) is 0 Å². The topological polar surface area (TPSA) is 15.3 Å². The molecule has 15 heavy (non-hydrogen) atoms. The van der Waals surface area contributed by atoms with Gasteiger partial charge < -0.3 is 10.2 Å². The van der Waals surface area contributed by atoms with E-state index in [1.807, 2.05) is 0 Å². The molecular formula is C13H22N2. The predicted molar refractivity (Wildman–Crippen MR) is 65.9 cm³/mol. The van der Waals surface area contributed by atoms with E-state index in [1.54, 1.807) is 0 Å². The van der Waals surface area contributed by atoms with Crippen LogP contribution in [0.4, 0.5) is 0 Å². The van der Waals surface area contributed by atoms with Crippen molar-refractivity contribution in [2.75, 3.05) is 20.6 Å². The van der Waals surface area contributed by atoms with Crippen LogP contribution in [0.15, 0.2) is 30.3 Å². The zero-order valence-electron chi connectivity index (χ0n) is 10.0. The molecule has 0 amide bonds. The molecule has 1 atom stereocenters. The molecule has 0 aliphatic rings. The third-order valence-electron chi connectivity index (χ3n) is 2.51. The second kappa shape index (κ2) is 6.59. The number of nitrogens with zero attached hydrogens (tertiary/aromatic N) is 1. The van der Waals surface area contributed by atoms with Crippen molar-refractivity contribution in [2.24, 2.45) is 0 Å². The zero-order valence-corrected chi connectivity index (χ0v) is 10.0. The van der Waals surface area contributed by atoms with Crippen LogP contribution in [0.2, 0.25) is 0 Å². The molecule has 0 aromatic heterocycles. The van der Waals surface area contributed by atoms with Gasteiger partial charge in [0.05, 0.1) is 0 Å². The Morgan fingerprint density at radius 3 is 2.47 bits per heavy atom. The van der Waals surface area contributed by atoms with Gasteiger partial charge in [0.15, 0.2) is 0 Å². The second-order valence-electron chi connectivity index (χ2n) is 4.36. The highest BCUT2D eigenvalue weighted by Crippen LogP contribution is 1.99. The Hall–Kier alpha value is -0.860. The van der Waals surface area contributed by atoms with E-state index in [9.17, 15) is 0 Å². The van der Waals surface area contributed by atoms with E-state index in [-0.39, 0.29) is 0 Å². The van der Waals surface area contributed by atoms with Crippen molar-refractivity contribution >= 4 is 0 Å². The first-order valence-electron chi connectivity index (χ1n) is 5.60. The first kappa shape index (κ1) is 12.2. The summed E-state index contributed by atoms with van der Waals surface area (Å²) in [6.45, 7) is 4.35. The van der Waals surface area contributed by atoms with Crippen LogP contribution in [0.25, 0.3) is 0 Å². The van der Waals surface area contributed by atoms with Crippen LogP contribution in [0.1, 0.15) is 18.9 Å². The summed E-state index contributed by atoms with van der Waals surface area (Å²) in [5, 5.41) is 3.53. The van der Waals surface area contributed by atoms with Crippen LogP contribution < -0.4 is 5.32 Å². The quantitative estimate of drug-likeness (QED) is 0.767. The van der Waals surface area contributed by atoms with Gasteiger partial charge >= 0.3 is 0 Å². The fraction of sp³-hybridized carbons (Fsp3) is 0.538.